The lowest BCUT2D eigenvalue weighted by atomic mass is 10.1. The molecule has 0 bridgehead atoms. The average Bonchev–Trinajstić information content (AvgIpc) is 2.88. The molecule has 0 spiro atoms. The molecular weight excluding hydrogens is 312 g/mol. The summed E-state index contributed by atoms with van der Waals surface area (Å²) in [6.45, 7) is 0. The highest BCUT2D eigenvalue weighted by molar-refractivity contribution is 6.33. The summed E-state index contributed by atoms with van der Waals surface area (Å²) in [7, 11) is 4.39. The van der Waals surface area contributed by atoms with E-state index < -0.39 is 5.97 Å². The molecular formula is C14H13ClN2O5. The minimum Gasteiger partial charge on any atom is -0.492 e. The highest BCUT2D eigenvalue weighted by atomic mass is 35.5. The molecule has 7 nitrogen and oxygen atoms in total. The fourth-order valence-corrected chi connectivity index (χ4v) is 2.39. The minimum atomic E-state index is -1.15. The number of carbonyl (C=O) groups excluding carboxylic acids is 1. The number of carbonyl (C=O) groups is 2. The molecule has 1 aromatic carbocycles. The Hall–Kier alpha value is -2.54. The van der Waals surface area contributed by atoms with Gasteiger partial charge in [0.25, 0.3) is 0 Å². The summed E-state index contributed by atoms with van der Waals surface area (Å²) in [4.78, 5) is 22.2. The van der Waals surface area contributed by atoms with Crippen LogP contribution in [0.2, 0.25) is 5.02 Å². The Balaban J connectivity index is 2.78. The van der Waals surface area contributed by atoms with E-state index >= 15 is 0 Å². The van der Waals surface area contributed by atoms with Crippen LogP contribution < -0.4 is 9.47 Å². The van der Waals surface area contributed by atoms with Gasteiger partial charge >= 0.3 is 5.97 Å². The van der Waals surface area contributed by atoms with E-state index in [2.05, 4.69) is 5.10 Å². The minimum absolute atomic E-state index is 0.117. The van der Waals surface area contributed by atoms with Crippen LogP contribution >= 0.6 is 11.6 Å². The van der Waals surface area contributed by atoms with Crippen LogP contribution in [0.4, 0.5) is 0 Å². The van der Waals surface area contributed by atoms with Crippen LogP contribution in [-0.4, -0.2) is 41.4 Å². The zero-order valence-electron chi connectivity index (χ0n) is 12.1. The van der Waals surface area contributed by atoms with E-state index in [1.54, 1.807) is 7.05 Å². The van der Waals surface area contributed by atoms with Gasteiger partial charge < -0.3 is 14.6 Å². The molecule has 0 saturated carbocycles. The topological polar surface area (TPSA) is 90.6 Å². The highest BCUT2D eigenvalue weighted by Gasteiger charge is 2.23. The van der Waals surface area contributed by atoms with E-state index in [4.69, 9.17) is 26.2 Å². The molecule has 0 amide bonds. The Labute approximate surface area is 131 Å². The summed E-state index contributed by atoms with van der Waals surface area (Å²) in [5, 5.41) is 13.1. The van der Waals surface area contributed by atoms with E-state index in [1.165, 1.54) is 31.0 Å². The second kappa shape index (κ2) is 6.07. The largest absolute Gasteiger partial charge is 0.492 e. The van der Waals surface area contributed by atoms with Crippen LogP contribution in [0.25, 0.3) is 11.3 Å². The molecule has 116 valence electrons. The van der Waals surface area contributed by atoms with E-state index in [1.807, 2.05) is 0 Å². The molecule has 0 radical (unpaired) electrons. The number of benzene rings is 1. The number of methoxy groups -OCH3 is 2. The number of hydrogen-bond donors (Lipinski definition) is 1. The summed E-state index contributed by atoms with van der Waals surface area (Å²) in [5.41, 5.74) is 0.976. The number of carboxylic acid groups (broad SMARTS) is 1. The summed E-state index contributed by atoms with van der Waals surface area (Å²) in [6, 6.07) is 2.89. The number of rotatable bonds is 5. The van der Waals surface area contributed by atoms with Crippen molar-refractivity contribution in [3.8, 4) is 22.8 Å². The molecule has 2 aromatic rings. The maximum Gasteiger partial charge on any atom is 0.356 e. The molecule has 0 fully saturated rings. The molecule has 0 aliphatic carbocycles. The number of carboxylic acids is 1. The van der Waals surface area contributed by atoms with Crippen molar-refractivity contribution < 1.29 is 24.2 Å². The van der Waals surface area contributed by atoms with Gasteiger partial charge in [-0.3, -0.25) is 9.48 Å². The zero-order chi connectivity index (χ0) is 16.4. The summed E-state index contributed by atoms with van der Waals surface area (Å²) >= 11 is 6.10. The van der Waals surface area contributed by atoms with Gasteiger partial charge in [-0.2, -0.15) is 5.10 Å². The van der Waals surface area contributed by atoms with E-state index in [0.717, 1.165) is 0 Å². The molecule has 1 N–H and O–H groups in total. The summed E-state index contributed by atoms with van der Waals surface area (Å²) < 4.78 is 11.9. The van der Waals surface area contributed by atoms with E-state index in [-0.39, 0.29) is 27.8 Å². The van der Waals surface area contributed by atoms with Crippen LogP contribution in [0, 0.1) is 0 Å². The van der Waals surface area contributed by atoms with Crippen molar-refractivity contribution in [2.45, 2.75) is 0 Å². The molecule has 0 atom stereocenters. The van der Waals surface area contributed by atoms with Crippen molar-refractivity contribution >= 4 is 23.9 Å². The molecule has 0 aliphatic heterocycles. The van der Waals surface area contributed by atoms with Gasteiger partial charge in [0.15, 0.2) is 23.5 Å². The van der Waals surface area contributed by atoms with Crippen LogP contribution in [0.1, 0.15) is 20.8 Å². The average molecular weight is 325 g/mol. The predicted octanol–water partition coefficient (Wildman–Crippen LogP) is 2.27. The Kier molecular flexibility index (Phi) is 4.37. The normalized spacial score (nSPS) is 10.4. The van der Waals surface area contributed by atoms with Gasteiger partial charge in [-0.25, -0.2) is 4.79 Å². The third-order valence-corrected chi connectivity index (χ3v) is 3.44. The number of aryl methyl sites for hydroxylation is 1. The van der Waals surface area contributed by atoms with E-state index in [0.29, 0.717) is 17.5 Å². The lowest BCUT2D eigenvalue weighted by Gasteiger charge is -2.15. The zero-order valence-corrected chi connectivity index (χ0v) is 12.8. The summed E-state index contributed by atoms with van der Waals surface area (Å²) in [6.07, 6.45) is 0.569. The molecule has 1 heterocycles. The Bertz CT molecular complexity index is 754. The van der Waals surface area contributed by atoms with Crippen LogP contribution in [0.3, 0.4) is 0 Å². The quantitative estimate of drug-likeness (QED) is 0.848. The van der Waals surface area contributed by atoms with Crippen molar-refractivity contribution in [1.29, 1.82) is 0 Å². The van der Waals surface area contributed by atoms with Crippen LogP contribution in [0.5, 0.6) is 11.5 Å². The third-order valence-electron chi connectivity index (χ3n) is 3.12. The number of hydrogen-bond acceptors (Lipinski definition) is 5. The molecule has 0 saturated heterocycles. The second-order valence-corrected chi connectivity index (χ2v) is 4.75. The van der Waals surface area contributed by atoms with Crippen molar-refractivity contribution in [2.75, 3.05) is 14.2 Å². The van der Waals surface area contributed by atoms with Gasteiger partial charge in [0.1, 0.15) is 0 Å². The maximum absolute atomic E-state index is 11.2. The van der Waals surface area contributed by atoms with Gasteiger partial charge in [0.2, 0.25) is 0 Å². The van der Waals surface area contributed by atoms with Crippen LogP contribution in [0.15, 0.2) is 12.1 Å². The Morgan fingerprint density at radius 3 is 2.41 bits per heavy atom. The first-order valence-electron chi connectivity index (χ1n) is 6.11. The molecule has 22 heavy (non-hydrogen) atoms. The maximum atomic E-state index is 11.2. The molecule has 1 aromatic heterocycles. The Morgan fingerprint density at radius 2 is 1.95 bits per heavy atom. The van der Waals surface area contributed by atoms with Gasteiger partial charge in [-0.15, -0.1) is 0 Å². The smallest absolute Gasteiger partial charge is 0.356 e. The van der Waals surface area contributed by atoms with Gasteiger partial charge in [0, 0.05) is 12.6 Å². The predicted molar refractivity (Wildman–Crippen MR) is 79.1 cm³/mol. The van der Waals surface area contributed by atoms with Crippen molar-refractivity contribution in [1.82, 2.24) is 9.78 Å². The standard InChI is InChI=1S/C14H13ClN2O5/c1-17-11(5-10(16-17)14(19)20)7-4-9(15)8(6-18)13(22-3)12(7)21-2/h4-6H,1-3H3,(H,19,20). The first-order chi connectivity index (χ1) is 10.4. The van der Waals surface area contributed by atoms with E-state index in [9.17, 15) is 9.59 Å². The highest BCUT2D eigenvalue weighted by Crippen LogP contribution is 2.43. The molecule has 2 rings (SSSR count). The van der Waals surface area contributed by atoms with Gasteiger partial charge in [-0.1, -0.05) is 11.6 Å². The fourth-order valence-electron chi connectivity index (χ4n) is 2.15. The summed E-state index contributed by atoms with van der Waals surface area (Å²) in [5.74, 6) is -0.699. The molecule has 8 heteroatoms. The number of nitrogens with zero attached hydrogens (tertiary/aromatic N) is 2. The van der Waals surface area contributed by atoms with Gasteiger partial charge in [-0.05, 0) is 12.1 Å². The fraction of sp³-hybridized carbons (Fsp3) is 0.214. The monoisotopic (exact) mass is 324 g/mol. The van der Waals surface area contributed by atoms with Crippen molar-refractivity contribution in [2.24, 2.45) is 7.05 Å². The second-order valence-electron chi connectivity index (χ2n) is 4.35. The molecule has 0 aliphatic rings. The molecule has 0 unspecified atom stereocenters. The van der Waals surface area contributed by atoms with Crippen molar-refractivity contribution in [3.05, 3.63) is 28.4 Å². The number of aromatic carboxylic acids is 1. The number of aldehydes is 1. The Morgan fingerprint density at radius 1 is 1.32 bits per heavy atom. The first kappa shape index (κ1) is 15.8. The van der Waals surface area contributed by atoms with Crippen molar-refractivity contribution in [3.63, 3.8) is 0 Å². The number of halogens is 1. The lowest BCUT2D eigenvalue weighted by Crippen LogP contribution is -2.02. The number of aromatic nitrogens is 2. The third kappa shape index (κ3) is 2.50. The first-order valence-corrected chi connectivity index (χ1v) is 6.49. The van der Waals surface area contributed by atoms with Crippen LogP contribution in [-0.2, 0) is 7.05 Å². The lowest BCUT2D eigenvalue weighted by molar-refractivity contribution is 0.0689. The number of ether oxygens (including phenoxy) is 2. The van der Waals surface area contributed by atoms with Gasteiger partial charge in [0.05, 0.1) is 30.5 Å². The SMILES string of the molecule is COc1c(-c2cc(C(=O)O)nn2C)cc(Cl)c(C=O)c1OC.